The monoisotopic (exact) mass is 211 g/mol. The Labute approximate surface area is 91.3 Å². The van der Waals surface area contributed by atoms with Gasteiger partial charge in [0.1, 0.15) is 0 Å². The number of aliphatic imine (C=N–C) groups is 1. The molecule has 2 unspecified atom stereocenters. The van der Waals surface area contributed by atoms with Gasteiger partial charge in [0, 0.05) is 18.6 Å². The molecule has 0 aromatic rings. The Balaban J connectivity index is 1.89. The van der Waals surface area contributed by atoms with Crippen LogP contribution in [0.1, 0.15) is 33.1 Å². The second-order valence-corrected chi connectivity index (χ2v) is 5.23. The molecular formula is C11H21N3O. The quantitative estimate of drug-likeness (QED) is 0.538. The molecule has 0 aromatic heterocycles. The van der Waals surface area contributed by atoms with Crippen molar-refractivity contribution in [1.82, 2.24) is 5.32 Å². The molecule has 0 bridgehead atoms. The highest BCUT2D eigenvalue weighted by molar-refractivity contribution is 5.78. The van der Waals surface area contributed by atoms with E-state index in [0.717, 1.165) is 6.42 Å². The van der Waals surface area contributed by atoms with Gasteiger partial charge in [-0.15, -0.1) is 0 Å². The largest absolute Gasteiger partial charge is 0.381 e. The fourth-order valence-electron chi connectivity index (χ4n) is 2.13. The van der Waals surface area contributed by atoms with Crippen molar-refractivity contribution >= 4 is 5.96 Å². The van der Waals surface area contributed by atoms with Crippen LogP contribution in [0, 0.1) is 5.41 Å². The van der Waals surface area contributed by atoms with E-state index in [-0.39, 0.29) is 5.41 Å². The Morgan fingerprint density at radius 1 is 1.47 bits per heavy atom. The highest BCUT2D eigenvalue weighted by Gasteiger charge is 2.48. The van der Waals surface area contributed by atoms with Gasteiger partial charge in [0.15, 0.2) is 5.96 Å². The van der Waals surface area contributed by atoms with Crippen LogP contribution < -0.4 is 11.1 Å². The molecule has 2 rings (SSSR count). The number of guanidine groups is 1. The number of nitrogens with two attached hydrogens (primary N) is 1. The lowest BCUT2D eigenvalue weighted by Gasteiger charge is -2.48. The number of hydrogen-bond acceptors (Lipinski definition) is 2. The van der Waals surface area contributed by atoms with Crippen LogP contribution in [0.25, 0.3) is 0 Å². The molecule has 0 radical (unpaired) electrons. The molecular weight excluding hydrogens is 190 g/mol. The summed E-state index contributed by atoms with van der Waals surface area (Å²) in [6, 6.07) is 0.879. The Morgan fingerprint density at radius 3 is 2.60 bits per heavy atom. The average Bonchev–Trinajstić information content (AvgIpc) is 2.95. The summed E-state index contributed by atoms with van der Waals surface area (Å²) >= 11 is 0. The molecule has 2 aliphatic carbocycles. The predicted octanol–water partition coefficient (Wildman–Crippen LogP) is 0.867. The van der Waals surface area contributed by atoms with Crippen molar-refractivity contribution in [2.45, 2.75) is 51.3 Å². The van der Waals surface area contributed by atoms with E-state index in [1.165, 1.54) is 12.8 Å². The summed E-state index contributed by atoms with van der Waals surface area (Å²) in [4.78, 5) is 4.52. The lowest BCUT2D eigenvalue weighted by atomic mass is 9.65. The molecule has 15 heavy (non-hydrogen) atoms. The fourth-order valence-corrected chi connectivity index (χ4v) is 2.13. The maximum atomic E-state index is 5.83. The van der Waals surface area contributed by atoms with Crippen LogP contribution in [0.5, 0.6) is 0 Å². The molecule has 2 fully saturated rings. The Bertz CT molecular complexity index is 271. The Hall–Kier alpha value is -0.770. The number of hydrogen-bond donors (Lipinski definition) is 2. The van der Waals surface area contributed by atoms with E-state index in [1.54, 1.807) is 7.11 Å². The topological polar surface area (TPSA) is 59.6 Å². The standard InChI is InChI=1S/C11H21N3O/c1-11(2)8(6-9(11)15-3)14-10(12)13-7-4-5-7/h7-9H,4-6H2,1-3H3,(H3,12,13,14). The van der Waals surface area contributed by atoms with Gasteiger partial charge in [0.05, 0.1) is 12.1 Å². The third-order valence-electron chi connectivity index (χ3n) is 3.63. The van der Waals surface area contributed by atoms with Crippen molar-refractivity contribution in [2.75, 3.05) is 7.11 Å². The molecule has 0 saturated heterocycles. The second-order valence-electron chi connectivity index (χ2n) is 5.23. The van der Waals surface area contributed by atoms with Crippen LogP contribution in [-0.4, -0.2) is 31.3 Å². The van der Waals surface area contributed by atoms with Gasteiger partial charge in [-0.25, -0.2) is 4.99 Å². The van der Waals surface area contributed by atoms with Crippen LogP contribution in [-0.2, 0) is 4.74 Å². The minimum Gasteiger partial charge on any atom is -0.381 e. The van der Waals surface area contributed by atoms with E-state index < -0.39 is 0 Å². The SMILES string of the molecule is COC1CC(N=C(N)NC2CC2)C1(C)C. The summed E-state index contributed by atoms with van der Waals surface area (Å²) in [5.74, 6) is 0.602. The first-order valence-corrected chi connectivity index (χ1v) is 5.66. The van der Waals surface area contributed by atoms with Crippen LogP contribution in [0.4, 0.5) is 0 Å². The molecule has 0 heterocycles. The molecule has 2 saturated carbocycles. The molecule has 86 valence electrons. The van der Waals surface area contributed by atoms with Gasteiger partial charge in [-0.3, -0.25) is 0 Å². The van der Waals surface area contributed by atoms with Crippen LogP contribution in [0.3, 0.4) is 0 Å². The first-order chi connectivity index (χ1) is 7.04. The van der Waals surface area contributed by atoms with E-state index in [2.05, 4.69) is 24.2 Å². The Kier molecular flexibility index (Phi) is 2.63. The summed E-state index contributed by atoms with van der Waals surface area (Å²) in [5.41, 5.74) is 5.95. The summed E-state index contributed by atoms with van der Waals surface area (Å²) in [7, 11) is 1.76. The molecule has 0 amide bonds. The number of rotatable bonds is 3. The third-order valence-corrected chi connectivity index (χ3v) is 3.63. The van der Waals surface area contributed by atoms with Crippen molar-refractivity contribution in [3.05, 3.63) is 0 Å². The maximum absolute atomic E-state index is 5.83. The van der Waals surface area contributed by atoms with Gasteiger partial charge >= 0.3 is 0 Å². The van der Waals surface area contributed by atoms with Gasteiger partial charge in [-0.05, 0) is 19.3 Å². The molecule has 0 spiro atoms. The first-order valence-electron chi connectivity index (χ1n) is 5.66. The third kappa shape index (κ3) is 2.09. The normalized spacial score (nSPS) is 34.7. The van der Waals surface area contributed by atoms with Crippen molar-refractivity contribution in [3.63, 3.8) is 0 Å². The second kappa shape index (κ2) is 3.67. The molecule has 4 nitrogen and oxygen atoms in total. The number of nitrogens with one attached hydrogen (secondary N) is 1. The average molecular weight is 211 g/mol. The molecule has 2 aliphatic rings. The highest BCUT2D eigenvalue weighted by Crippen LogP contribution is 2.44. The number of methoxy groups -OCH3 is 1. The zero-order valence-corrected chi connectivity index (χ0v) is 9.79. The van der Waals surface area contributed by atoms with Crippen molar-refractivity contribution in [2.24, 2.45) is 16.1 Å². The zero-order valence-electron chi connectivity index (χ0n) is 9.79. The van der Waals surface area contributed by atoms with Crippen LogP contribution in [0.2, 0.25) is 0 Å². The Morgan fingerprint density at radius 2 is 2.13 bits per heavy atom. The van der Waals surface area contributed by atoms with Crippen molar-refractivity contribution in [3.8, 4) is 0 Å². The minimum atomic E-state index is 0.116. The summed E-state index contributed by atoms with van der Waals surface area (Å²) in [6.07, 6.45) is 3.76. The van der Waals surface area contributed by atoms with Crippen LogP contribution >= 0.6 is 0 Å². The van der Waals surface area contributed by atoms with Gasteiger partial charge in [0.2, 0.25) is 0 Å². The van der Waals surface area contributed by atoms with Crippen molar-refractivity contribution < 1.29 is 4.74 Å². The minimum absolute atomic E-state index is 0.116. The molecule has 0 aliphatic heterocycles. The maximum Gasteiger partial charge on any atom is 0.189 e. The number of nitrogens with zero attached hydrogens (tertiary/aromatic N) is 1. The number of ether oxygens (including phenoxy) is 1. The summed E-state index contributed by atoms with van der Waals surface area (Å²) < 4.78 is 5.38. The first kappa shape index (κ1) is 10.7. The lowest BCUT2D eigenvalue weighted by Crippen LogP contribution is -2.54. The highest BCUT2D eigenvalue weighted by atomic mass is 16.5. The van der Waals surface area contributed by atoms with Gasteiger partial charge in [-0.1, -0.05) is 13.8 Å². The smallest absolute Gasteiger partial charge is 0.189 e. The van der Waals surface area contributed by atoms with Gasteiger partial charge in [0.25, 0.3) is 0 Å². The van der Waals surface area contributed by atoms with E-state index in [9.17, 15) is 0 Å². The summed E-state index contributed by atoms with van der Waals surface area (Å²) in [6.45, 7) is 4.37. The van der Waals surface area contributed by atoms with Crippen LogP contribution in [0.15, 0.2) is 4.99 Å². The van der Waals surface area contributed by atoms with Gasteiger partial charge < -0.3 is 15.8 Å². The molecule has 4 heteroatoms. The predicted molar refractivity (Wildman–Crippen MR) is 60.8 cm³/mol. The molecule has 0 aromatic carbocycles. The zero-order chi connectivity index (χ0) is 11.1. The van der Waals surface area contributed by atoms with Crippen molar-refractivity contribution in [1.29, 1.82) is 0 Å². The van der Waals surface area contributed by atoms with E-state index in [0.29, 0.717) is 24.1 Å². The molecule has 3 N–H and O–H groups in total. The fraction of sp³-hybridized carbons (Fsp3) is 0.909. The van der Waals surface area contributed by atoms with E-state index >= 15 is 0 Å². The van der Waals surface area contributed by atoms with E-state index in [4.69, 9.17) is 10.5 Å². The molecule has 2 atom stereocenters. The van der Waals surface area contributed by atoms with Gasteiger partial charge in [-0.2, -0.15) is 0 Å². The lowest BCUT2D eigenvalue weighted by molar-refractivity contribution is -0.0851. The summed E-state index contributed by atoms with van der Waals surface area (Å²) in [5, 5.41) is 3.21. The van der Waals surface area contributed by atoms with E-state index in [1.807, 2.05) is 0 Å².